The summed E-state index contributed by atoms with van der Waals surface area (Å²) in [6.45, 7) is 2.82. The third-order valence-corrected chi connectivity index (χ3v) is 5.86. The van der Waals surface area contributed by atoms with Gasteiger partial charge in [-0.3, -0.25) is 14.9 Å². The summed E-state index contributed by atoms with van der Waals surface area (Å²) in [4.78, 5) is 31.3. The molecule has 0 unspecified atom stereocenters. The number of guanidine groups is 1. The fraction of sp³-hybridized carbons (Fsp3) is 0.357. The zero-order valence-corrected chi connectivity index (χ0v) is 20.6. The Bertz CT molecular complexity index is 1050. The van der Waals surface area contributed by atoms with E-state index in [1.54, 1.807) is 11.1 Å². The maximum absolute atomic E-state index is 11.9. The van der Waals surface area contributed by atoms with E-state index < -0.39 is 0 Å². The molecule has 0 aliphatic carbocycles. The number of hydrogen-bond donors (Lipinski definition) is 2. The molecule has 0 saturated carbocycles. The summed E-state index contributed by atoms with van der Waals surface area (Å²) in [5, 5.41) is 10.7. The number of nitrogens with one attached hydrogen (secondary N) is 1. The predicted molar refractivity (Wildman–Crippen MR) is 143 cm³/mol. The van der Waals surface area contributed by atoms with E-state index in [2.05, 4.69) is 23.2 Å². The van der Waals surface area contributed by atoms with Crippen molar-refractivity contribution < 1.29 is 9.59 Å². The zero-order valence-electron chi connectivity index (χ0n) is 20.6. The number of terminal acetylenes is 1. The van der Waals surface area contributed by atoms with E-state index in [0.29, 0.717) is 18.7 Å². The number of hydrogen-bond acceptors (Lipinski definition) is 4. The van der Waals surface area contributed by atoms with Crippen molar-refractivity contribution in [1.82, 2.24) is 15.1 Å². The second kappa shape index (κ2) is 15.6. The smallest absolute Gasteiger partial charge is 0.242 e. The van der Waals surface area contributed by atoms with Crippen molar-refractivity contribution >= 4 is 23.5 Å². The van der Waals surface area contributed by atoms with Crippen LogP contribution in [0.4, 0.5) is 5.69 Å². The highest BCUT2D eigenvalue weighted by atomic mass is 16.2. The molecule has 0 radical (unpaired) electrons. The van der Waals surface area contributed by atoms with Crippen LogP contribution in [0.1, 0.15) is 38.5 Å². The molecule has 2 saturated heterocycles. The lowest BCUT2D eigenvalue weighted by Crippen LogP contribution is -2.41. The quantitative estimate of drug-likeness (QED) is 0.225. The summed E-state index contributed by atoms with van der Waals surface area (Å²) in [5.74, 6) is 0.378. The van der Waals surface area contributed by atoms with Gasteiger partial charge in [-0.25, -0.2) is 4.99 Å². The largest absolute Gasteiger partial charge is 0.369 e. The van der Waals surface area contributed by atoms with E-state index in [1.165, 1.54) is 0 Å². The first-order valence-electron chi connectivity index (χ1n) is 12.1. The molecule has 0 spiro atoms. The Balaban J connectivity index is 0.000000239. The molecule has 2 heterocycles. The van der Waals surface area contributed by atoms with Crippen LogP contribution in [0.15, 0.2) is 59.6 Å². The number of rotatable bonds is 4. The highest BCUT2D eigenvalue weighted by molar-refractivity contribution is 5.85. The van der Waals surface area contributed by atoms with Crippen molar-refractivity contribution in [2.45, 2.75) is 38.5 Å². The number of carbonyl (C=O) groups excluding carboxylic acids is 2. The summed E-state index contributed by atoms with van der Waals surface area (Å²) >= 11 is 0. The normalized spacial score (nSPS) is 15.4. The lowest BCUT2D eigenvalue weighted by atomic mass is 10.1. The molecule has 2 aliphatic heterocycles. The Hall–Kier alpha value is -4.30. The Morgan fingerprint density at radius 1 is 0.944 bits per heavy atom. The van der Waals surface area contributed by atoms with Crippen LogP contribution in [-0.2, 0) is 9.59 Å². The Labute approximate surface area is 213 Å². The van der Waals surface area contributed by atoms with Gasteiger partial charge < -0.3 is 15.5 Å². The summed E-state index contributed by atoms with van der Waals surface area (Å²) in [6.07, 6.45) is 15.7. The SMILES string of the molecule is C#C.N#CNC(N)=Nc1ccc(-c2ccccc2)cc1.O=C(CN1CCCCCC1=O)N1CCCC1. The molecule has 2 aromatic carbocycles. The monoisotopic (exact) mass is 486 g/mol. The topological polar surface area (TPSA) is 115 Å². The fourth-order valence-electron chi connectivity index (χ4n) is 4.02. The van der Waals surface area contributed by atoms with Gasteiger partial charge >= 0.3 is 0 Å². The second-order valence-corrected chi connectivity index (χ2v) is 8.36. The van der Waals surface area contributed by atoms with Crippen molar-refractivity contribution in [1.29, 1.82) is 5.26 Å². The molecule has 3 N–H and O–H groups in total. The molecule has 188 valence electrons. The van der Waals surface area contributed by atoms with Crippen LogP contribution in [-0.4, -0.2) is 53.8 Å². The van der Waals surface area contributed by atoms with Gasteiger partial charge in [0, 0.05) is 26.1 Å². The van der Waals surface area contributed by atoms with Crippen LogP contribution in [0, 0.1) is 24.3 Å². The molecule has 2 aromatic rings. The maximum atomic E-state index is 11.9. The van der Waals surface area contributed by atoms with E-state index >= 15 is 0 Å². The van der Waals surface area contributed by atoms with E-state index in [9.17, 15) is 9.59 Å². The van der Waals surface area contributed by atoms with Crippen molar-refractivity contribution in [3.63, 3.8) is 0 Å². The third kappa shape index (κ3) is 9.15. The van der Waals surface area contributed by atoms with Crippen LogP contribution in [0.2, 0.25) is 0 Å². The Kier molecular flexibility index (Phi) is 12.1. The van der Waals surface area contributed by atoms with Crippen molar-refractivity contribution in [3.8, 4) is 30.2 Å². The summed E-state index contributed by atoms with van der Waals surface area (Å²) in [6, 6.07) is 17.7. The molecule has 8 nitrogen and oxygen atoms in total. The standard InChI is InChI=1S/C14H12N4.C12H20N2O2.C2H2/c15-10-17-14(16)18-13-8-6-12(7-9-13)11-4-2-1-3-5-11;15-11-6-2-1-3-9-14(11)10-12(16)13-7-4-5-8-13;1-2/h1-9H,(H3,16,17,18);1-10H2;1-2H. The van der Waals surface area contributed by atoms with Crippen molar-refractivity contribution in [2.75, 3.05) is 26.2 Å². The molecule has 4 rings (SSSR count). The highest BCUT2D eigenvalue weighted by Crippen LogP contribution is 2.22. The predicted octanol–water partition coefficient (Wildman–Crippen LogP) is 3.63. The van der Waals surface area contributed by atoms with Crippen LogP contribution < -0.4 is 11.1 Å². The average molecular weight is 487 g/mol. The van der Waals surface area contributed by atoms with Crippen molar-refractivity contribution in [2.24, 2.45) is 10.7 Å². The van der Waals surface area contributed by atoms with Crippen LogP contribution in [0.3, 0.4) is 0 Å². The minimum absolute atomic E-state index is 0.0879. The molecule has 36 heavy (non-hydrogen) atoms. The van der Waals surface area contributed by atoms with Gasteiger partial charge in [0.05, 0.1) is 12.2 Å². The molecule has 0 aromatic heterocycles. The first-order chi connectivity index (χ1) is 17.6. The van der Waals surface area contributed by atoms with Crippen LogP contribution >= 0.6 is 0 Å². The van der Waals surface area contributed by atoms with Gasteiger partial charge in [0.2, 0.25) is 17.8 Å². The number of aliphatic imine (C=N–C) groups is 1. The number of nitriles is 1. The maximum Gasteiger partial charge on any atom is 0.242 e. The zero-order chi connectivity index (χ0) is 26.2. The first kappa shape index (κ1) is 27.9. The average Bonchev–Trinajstić information content (AvgIpc) is 3.38. The second-order valence-electron chi connectivity index (χ2n) is 8.36. The minimum Gasteiger partial charge on any atom is -0.369 e. The van der Waals surface area contributed by atoms with E-state index in [4.69, 9.17) is 11.0 Å². The highest BCUT2D eigenvalue weighted by Gasteiger charge is 2.23. The van der Waals surface area contributed by atoms with Gasteiger partial charge in [-0.05, 0) is 48.9 Å². The van der Waals surface area contributed by atoms with Gasteiger partial charge in [-0.1, -0.05) is 48.9 Å². The molecule has 0 atom stereocenters. The van der Waals surface area contributed by atoms with Gasteiger partial charge in [-0.15, -0.1) is 12.8 Å². The number of nitrogens with zero attached hydrogens (tertiary/aromatic N) is 4. The number of amides is 2. The fourth-order valence-corrected chi connectivity index (χ4v) is 4.02. The molecule has 2 fully saturated rings. The Morgan fingerprint density at radius 2 is 1.56 bits per heavy atom. The first-order valence-corrected chi connectivity index (χ1v) is 12.1. The molecular formula is C28H34N6O2. The summed E-state index contributed by atoms with van der Waals surface area (Å²) in [7, 11) is 0. The number of carbonyl (C=O) groups is 2. The van der Waals surface area contributed by atoms with Gasteiger partial charge in [0.15, 0.2) is 6.19 Å². The van der Waals surface area contributed by atoms with E-state index in [0.717, 1.165) is 62.9 Å². The summed E-state index contributed by atoms with van der Waals surface area (Å²) < 4.78 is 0. The van der Waals surface area contributed by atoms with Gasteiger partial charge in [0.1, 0.15) is 0 Å². The molecule has 8 heteroatoms. The van der Waals surface area contributed by atoms with Crippen LogP contribution in [0.5, 0.6) is 0 Å². The molecule has 0 bridgehead atoms. The van der Waals surface area contributed by atoms with E-state index in [-0.39, 0.29) is 17.8 Å². The number of benzene rings is 2. The lowest BCUT2D eigenvalue weighted by molar-refractivity contribution is -0.139. The van der Waals surface area contributed by atoms with Crippen LogP contribution in [0.25, 0.3) is 11.1 Å². The number of likely N-dealkylation sites (tertiary alicyclic amines) is 2. The van der Waals surface area contributed by atoms with Gasteiger partial charge in [0.25, 0.3) is 0 Å². The van der Waals surface area contributed by atoms with Crippen molar-refractivity contribution in [3.05, 3.63) is 54.6 Å². The lowest BCUT2D eigenvalue weighted by Gasteiger charge is -2.23. The third-order valence-electron chi connectivity index (χ3n) is 5.86. The molecule has 2 aliphatic rings. The molecular weight excluding hydrogens is 452 g/mol. The Morgan fingerprint density at radius 3 is 2.19 bits per heavy atom. The summed E-state index contributed by atoms with van der Waals surface area (Å²) in [5.41, 5.74) is 8.45. The van der Waals surface area contributed by atoms with Gasteiger partial charge in [-0.2, -0.15) is 5.26 Å². The molecule has 2 amide bonds. The minimum atomic E-state index is 0.0879. The number of nitrogens with two attached hydrogens (primary N) is 1. The van der Waals surface area contributed by atoms with E-state index in [1.807, 2.05) is 59.5 Å².